The van der Waals surface area contributed by atoms with Crippen molar-refractivity contribution in [2.24, 2.45) is 11.7 Å². The van der Waals surface area contributed by atoms with E-state index in [1.807, 2.05) is 13.8 Å². The van der Waals surface area contributed by atoms with Crippen molar-refractivity contribution in [2.45, 2.75) is 45.0 Å². The molecule has 0 aliphatic carbocycles. The van der Waals surface area contributed by atoms with E-state index < -0.39 is 17.8 Å². The lowest BCUT2D eigenvalue weighted by molar-refractivity contribution is -0.138. The molecule has 1 atom stereocenters. The van der Waals surface area contributed by atoms with Crippen LogP contribution in [0.2, 0.25) is 0 Å². The number of aromatic nitrogens is 2. The molecule has 0 spiro atoms. The monoisotopic (exact) mass is 346 g/mol. The highest BCUT2D eigenvalue weighted by molar-refractivity contribution is 5.82. The Hall–Kier alpha value is -1.90. The Morgan fingerprint density at radius 2 is 1.83 bits per heavy atom. The van der Waals surface area contributed by atoms with E-state index in [9.17, 15) is 18.0 Å². The molecule has 1 fully saturated rings. The number of nitrogens with two attached hydrogens (primary N) is 1. The van der Waals surface area contributed by atoms with Gasteiger partial charge in [0.15, 0.2) is 0 Å². The number of carbonyl (C=O) groups excluding carboxylic acids is 1. The lowest BCUT2D eigenvalue weighted by Gasteiger charge is -2.33. The maximum absolute atomic E-state index is 12.5. The second kappa shape index (κ2) is 7.33. The van der Waals surface area contributed by atoms with Crippen LogP contribution in [0.3, 0.4) is 0 Å². The van der Waals surface area contributed by atoms with Crippen molar-refractivity contribution >= 4 is 5.91 Å². The van der Waals surface area contributed by atoms with Gasteiger partial charge in [-0.05, 0) is 5.92 Å². The summed E-state index contributed by atoms with van der Waals surface area (Å²) in [6.45, 7) is 4.76. The highest BCUT2D eigenvalue weighted by Crippen LogP contribution is 2.28. The number of alkyl halides is 3. The van der Waals surface area contributed by atoms with Crippen molar-refractivity contribution in [1.29, 1.82) is 0 Å². The van der Waals surface area contributed by atoms with Crippen LogP contribution in [0, 0.1) is 5.92 Å². The van der Waals surface area contributed by atoms with Crippen LogP contribution in [-0.2, 0) is 11.0 Å². The summed E-state index contributed by atoms with van der Waals surface area (Å²) in [4.78, 5) is 21.0. The maximum atomic E-state index is 12.5. The van der Waals surface area contributed by atoms with Gasteiger partial charge < -0.3 is 15.4 Å². The second-order valence-corrected chi connectivity index (χ2v) is 6.16. The van der Waals surface area contributed by atoms with Gasteiger partial charge in [-0.25, -0.2) is 9.97 Å². The number of rotatable bonds is 4. The third kappa shape index (κ3) is 4.56. The van der Waals surface area contributed by atoms with Gasteiger partial charge in [0.05, 0.1) is 11.6 Å². The van der Waals surface area contributed by atoms with E-state index in [1.54, 1.807) is 4.90 Å². The minimum Gasteiger partial charge on any atom is -0.460 e. The predicted molar refractivity (Wildman–Crippen MR) is 80.1 cm³/mol. The van der Waals surface area contributed by atoms with E-state index in [4.69, 9.17) is 10.5 Å². The summed E-state index contributed by atoms with van der Waals surface area (Å²) in [5, 5.41) is 0. The first-order valence-electron chi connectivity index (χ1n) is 7.78. The molecule has 134 valence electrons. The number of ether oxygens (including phenoxy) is 1. The Labute approximate surface area is 138 Å². The van der Waals surface area contributed by atoms with Gasteiger partial charge in [0.25, 0.3) is 0 Å². The Morgan fingerprint density at radius 1 is 1.29 bits per heavy atom. The van der Waals surface area contributed by atoms with Crippen molar-refractivity contribution in [1.82, 2.24) is 14.9 Å². The number of likely N-dealkylation sites (tertiary alicyclic amines) is 1. The molecule has 1 amide bonds. The predicted octanol–water partition coefficient (Wildman–Crippen LogP) is 1.85. The molecule has 0 radical (unpaired) electrons. The number of nitrogens with zero attached hydrogens (tertiary/aromatic N) is 3. The zero-order valence-electron chi connectivity index (χ0n) is 13.6. The van der Waals surface area contributed by atoms with Crippen LogP contribution >= 0.6 is 0 Å². The molecule has 1 aliphatic rings. The molecule has 2 heterocycles. The van der Waals surface area contributed by atoms with Gasteiger partial charge >= 0.3 is 12.2 Å². The molecule has 9 heteroatoms. The summed E-state index contributed by atoms with van der Waals surface area (Å²) in [5.74, 6) is -0.0266. The average Bonchev–Trinajstić information content (AvgIpc) is 2.54. The Bertz CT molecular complexity index is 555. The summed E-state index contributed by atoms with van der Waals surface area (Å²) in [7, 11) is 0. The van der Waals surface area contributed by atoms with Crippen molar-refractivity contribution < 1.29 is 22.7 Å². The number of piperidine rings is 1. The van der Waals surface area contributed by atoms with E-state index in [2.05, 4.69) is 9.97 Å². The number of amides is 1. The first-order valence-corrected chi connectivity index (χ1v) is 7.78. The topological polar surface area (TPSA) is 81.3 Å². The molecule has 0 aromatic carbocycles. The summed E-state index contributed by atoms with van der Waals surface area (Å²) < 4.78 is 42.9. The largest absolute Gasteiger partial charge is 0.460 e. The number of hydrogen-bond acceptors (Lipinski definition) is 5. The third-order valence-electron chi connectivity index (χ3n) is 3.98. The van der Waals surface area contributed by atoms with Crippen LogP contribution in [0.15, 0.2) is 12.4 Å². The first-order chi connectivity index (χ1) is 11.2. The van der Waals surface area contributed by atoms with Crippen molar-refractivity contribution in [3.05, 3.63) is 18.0 Å². The number of carbonyl (C=O) groups is 1. The Balaban J connectivity index is 1.86. The van der Waals surface area contributed by atoms with Crippen LogP contribution in [0.4, 0.5) is 13.2 Å². The Kier molecular flexibility index (Phi) is 5.63. The third-order valence-corrected chi connectivity index (χ3v) is 3.98. The van der Waals surface area contributed by atoms with Gasteiger partial charge in [-0.2, -0.15) is 13.2 Å². The molecular weight excluding hydrogens is 325 g/mol. The molecule has 2 N–H and O–H groups in total. The molecule has 0 bridgehead atoms. The Morgan fingerprint density at radius 3 is 2.29 bits per heavy atom. The van der Waals surface area contributed by atoms with Crippen LogP contribution in [0.1, 0.15) is 32.3 Å². The molecule has 1 aromatic rings. The second-order valence-electron chi connectivity index (χ2n) is 6.16. The molecule has 0 unspecified atom stereocenters. The molecule has 1 aromatic heterocycles. The fourth-order valence-corrected chi connectivity index (χ4v) is 2.36. The molecular formula is C15H21F3N4O2. The van der Waals surface area contributed by atoms with Crippen LogP contribution in [0.5, 0.6) is 6.01 Å². The normalized spacial score (nSPS) is 17.9. The molecule has 0 saturated carbocycles. The zero-order chi connectivity index (χ0) is 17.9. The molecule has 1 saturated heterocycles. The smallest absolute Gasteiger partial charge is 0.419 e. The molecule has 24 heavy (non-hydrogen) atoms. The van der Waals surface area contributed by atoms with Gasteiger partial charge in [0.2, 0.25) is 5.91 Å². The lowest BCUT2D eigenvalue weighted by Crippen LogP contribution is -2.50. The summed E-state index contributed by atoms with van der Waals surface area (Å²) in [6.07, 6.45) is -2.20. The van der Waals surface area contributed by atoms with E-state index in [1.165, 1.54) is 0 Å². The lowest BCUT2D eigenvalue weighted by atomic mass is 10.0. The highest BCUT2D eigenvalue weighted by atomic mass is 19.4. The quantitative estimate of drug-likeness (QED) is 0.900. The molecule has 2 rings (SSSR count). The molecule has 1 aliphatic heterocycles. The fraction of sp³-hybridized carbons (Fsp3) is 0.667. The van der Waals surface area contributed by atoms with Crippen molar-refractivity contribution in [2.75, 3.05) is 13.1 Å². The van der Waals surface area contributed by atoms with E-state index >= 15 is 0 Å². The number of halogens is 3. The van der Waals surface area contributed by atoms with E-state index in [0.29, 0.717) is 38.3 Å². The maximum Gasteiger partial charge on any atom is 0.419 e. The summed E-state index contributed by atoms with van der Waals surface area (Å²) in [5.41, 5.74) is 4.95. The van der Waals surface area contributed by atoms with Crippen molar-refractivity contribution in [3.8, 4) is 6.01 Å². The first kappa shape index (κ1) is 18.4. The molecule has 6 nitrogen and oxygen atoms in total. The summed E-state index contributed by atoms with van der Waals surface area (Å²) in [6, 6.07) is -0.618. The van der Waals surface area contributed by atoms with Crippen LogP contribution < -0.4 is 10.5 Å². The van der Waals surface area contributed by atoms with Crippen molar-refractivity contribution in [3.63, 3.8) is 0 Å². The van der Waals surface area contributed by atoms with Gasteiger partial charge in [-0.15, -0.1) is 0 Å². The van der Waals surface area contributed by atoms with Crippen LogP contribution in [-0.4, -0.2) is 46.0 Å². The number of hydrogen-bond donors (Lipinski definition) is 1. The summed E-state index contributed by atoms with van der Waals surface area (Å²) >= 11 is 0. The van der Waals surface area contributed by atoms with Crippen LogP contribution in [0.25, 0.3) is 0 Å². The van der Waals surface area contributed by atoms with Gasteiger partial charge in [-0.3, -0.25) is 4.79 Å². The highest BCUT2D eigenvalue weighted by Gasteiger charge is 2.32. The standard InChI is InChI=1S/C15H21F3N4O2/c1-9(2)12(19)13(23)22-5-3-11(4-6-22)24-14-20-7-10(8-21-14)15(16,17)18/h7-9,11-12H,3-6,19H2,1-2H3/t12-/m0/s1. The van der Waals surface area contributed by atoms with Gasteiger partial charge in [0, 0.05) is 38.3 Å². The fourth-order valence-electron chi connectivity index (χ4n) is 2.36. The van der Waals surface area contributed by atoms with E-state index in [0.717, 1.165) is 0 Å². The van der Waals surface area contributed by atoms with Gasteiger partial charge in [0.1, 0.15) is 6.10 Å². The average molecular weight is 346 g/mol. The minimum absolute atomic E-state index is 0.0621. The van der Waals surface area contributed by atoms with E-state index in [-0.39, 0.29) is 23.9 Å². The minimum atomic E-state index is -4.47. The van der Waals surface area contributed by atoms with Gasteiger partial charge in [-0.1, -0.05) is 13.8 Å². The zero-order valence-corrected chi connectivity index (χ0v) is 13.6. The SMILES string of the molecule is CC(C)[C@H](N)C(=O)N1CCC(Oc2ncc(C(F)(F)F)cn2)CC1.